The second kappa shape index (κ2) is 8.31. The predicted octanol–water partition coefficient (Wildman–Crippen LogP) is 3.33. The highest BCUT2D eigenvalue weighted by Gasteiger charge is 2.30. The van der Waals surface area contributed by atoms with Gasteiger partial charge in [-0.15, -0.1) is 0 Å². The maximum Gasteiger partial charge on any atom is 0.259 e. The van der Waals surface area contributed by atoms with Crippen LogP contribution in [0.3, 0.4) is 0 Å². The Hall–Kier alpha value is -3.52. The van der Waals surface area contributed by atoms with E-state index in [0.717, 1.165) is 17.0 Å². The number of benzene rings is 1. The third kappa shape index (κ3) is 4.20. The van der Waals surface area contributed by atoms with E-state index in [2.05, 4.69) is 4.98 Å². The molecule has 8 nitrogen and oxygen atoms in total. The summed E-state index contributed by atoms with van der Waals surface area (Å²) in [6, 6.07) is 12.9. The van der Waals surface area contributed by atoms with Crippen molar-refractivity contribution >= 4 is 5.91 Å². The van der Waals surface area contributed by atoms with Crippen LogP contribution in [0.1, 0.15) is 27.4 Å². The van der Waals surface area contributed by atoms with E-state index >= 15 is 0 Å². The smallest absolute Gasteiger partial charge is 0.259 e. The van der Waals surface area contributed by atoms with E-state index < -0.39 is 0 Å². The molecule has 2 aliphatic heterocycles. The fourth-order valence-electron chi connectivity index (χ4n) is 3.65. The number of fused-ring (bicyclic) bond motifs is 2. The molecule has 0 radical (unpaired) electrons. The van der Waals surface area contributed by atoms with E-state index in [1.54, 1.807) is 17.2 Å². The topological polar surface area (TPSA) is 83.3 Å². The van der Waals surface area contributed by atoms with Gasteiger partial charge in [0.1, 0.15) is 24.0 Å². The van der Waals surface area contributed by atoms with Crippen molar-refractivity contribution in [2.45, 2.75) is 26.2 Å². The van der Waals surface area contributed by atoms with Crippen LogP contribution in [-0.4, -0.2) is 41.8 Å². The molecule has 1 atom stereocenters. The lowest BCUT2D eigenvalue weighted by atomic mass is 10.1. The van der Waals surface area contributed by atoms with Crippen LogP contribution in [0.15, 0.2) is 53.1 Å². The summed E-state index contributed by atoms with van der Waals surface area (Å²) < 4.78 is 28.0. The number of furan rings is 1. The number of ether oxygens (including phenoxy) is 4. The van der Waals surface area contributed by atoms with Crippen LogP contribution in [0.25, 0.3) is 0 Å². The highest BCUT2D eigenvalue weighted by Crippen LogP contribution is 2.33. The minimum absolute atomic E-state index is 0.131. The van der Waals surface area contributed by atoms with Crippen LogP contribution < -0.4 is 14.2 Å². The van der Waals surface area contributed by atoms with Gasteiger partial charge in [-0.05, 0) is 48.9 Å². The lowest BCUT2D eigenvalue weighted by molar-refractivity contribution is 0.0195. The van der Waals surface area contributed by atoms with Gasteiger partial charge in [0.05, 0.1) is 19.4 Å². The monoisotopic (exact) mass is 422 g/mol. The van der Waals surface area contributed by atoms with Crippen molar-refractivity contribution in [3.63, 3.8) is 0 Å². The molecule has 0 aliphatic carbocycles. The van der Waals surface area contributed by atoms with Crippen molar-refractivity contribution in [3.05, 3.63) is 71.3 Å². The summed E-state index contributed by atoms with van der Waals surface area (Å²) in [6.07, 6.45) is 1.23. The summed E-state index contributed by atoms with van der Waals surface area (Å²) in [6.45, 7) is 3.47. The Bertz CT molecular complexity index is 1080. The van der Waals surface area contributed by atoms with Crippen molar-refractivity contribution < 1.29 is 28.2 Å². The molecule has 0 N–H and O–H groups in total. The normalized spacial score (nSPS) is 17.3. The van der Waals surface area contributed by atoms with Gasteiger partial charge >= 0.3 is 0 Å². The number of carbonyl (C=O) groups is 1. The highest BCUT2D eigenvalue weighted by molar-refractivity contribution is 5.96. The Morgan fingerprint density at radius 2 is 2.06 bits per heavy atom. The lowest BCUT2D eigenvalue weighted by Crippen LogP contribution is -2.38. The first-order chi connectivity index (χ1) is 15.2. The number of aromatic nitrogens is 1. The van der Waals surface area contributed by atoms with Gasteiger partial charge in [0.2, 0.25) is 12.7 Å². The molecule has 2 aromatic heterocycles. The van der Waals surface area contributed by atoms with Gasteiger partial charge < -0.3 is 28.3 Å². The van der Waals surface area contributed by atoms with Gasteiger partial charge in [0, 0.05) is 12.2 Å². The maximum absolute atomic E-state index is 13.3. The molecule has 160 valence electrons. The van der Waals surface area contributed by atoms with Crippen LogP contribution in [0.4, 0.5) is 0 Å². The number of rotatable bonds is 6. The molecule has 0 saturated carbocycles. The van der Waals surface area contributed by atoms with Gasteiger partial charge in [-0.3, -0.25) is 4.79 Å². The maximum atomic E-state index is 13.3. The van der Waals surface area contributed by atoms with E-state index in [0.29, 0.717) is 49.2 Å². The van der Waals surface area contributed by atoms with Crippen LogP contribution in [0.2, 0.25) is 0 Å². The van der Waals surface area contributed by atoms with Crippen LogP contribution in [0.5, 0.6) is 17.4 Å². The number of carbonyl (C=O) groups excluding carboxylic acids is 1. The van der Waals surface area contributed by atoms with E-state index in [1.807, 2.05) is 43.3 Å². The second-order valence-corrected chi connectivity index (χ2v) is 7.51. The second-order valence-electron chi connectivity index (χ2n) is 7.51. The number of hydrogen-bond acceptors (Lipinski definition) is 7. The number of pyridine rings is 1. The molecule has 1 aromatic carbocycles. The molecule has 1 amide bonds. The molecule has 3 aromatic rings. The van der Waals surface area contributed by atoms with Gasteiger partial charge in [-0.25, -0.2) is 4.98 Å². The Labute approximate surface area is 179 Å². The summed E-state index contributed by atoms with van der Waals surface area (Å²) in [5.41, 5.74) is 2.17. The van der Waals surface area contributed by atoms with Crippen molar-refractivity contribution in [1.29, 1.82) is 0 Å². The predicted molar refractivity (Wildman–Crippen MR) is 109 cm³/mol. The molecule has 31 heavy (non-hydrogen) atoms. The molecular formula is C23H22N2O6. The Kier molecular flexibility index (Phi) is 5.21. The number of amides is 1. The van der Waals surface area contributed by atoms with E-state index in [1.165, 1.54) is 0 Å². The fourth-order valence-corrected chi connectivity index (χ4v) is 3.65. The summed E-state index contributed by atoms with van der Waals surface area (Å²) in [5, 5.41) is 0. The van der Waals surface area contributed by atoms with Crippen LogP contribution in [0, 0.1) is 6.92 Å². The first-order valence-electron chi connectivity index (χ1n) is 10.1. The molecule has 4 heterocycles. The molecule has 0 bridgehead atoms. The van der Waals surface area contributed by atoms with Gasteiger partial charge in [-0.2, -0.15) is 0 Å². The molecule has 0 fully saturated rings. The third-order valence-electron chi connectivity index (χ3n) is 5.16. The number of hydrogen-bond donors (Lipinski definition) is 0. The van der Waals surface area contributed by atoms with E-state index in [4.69, 9.17) is 23.4 Å². The van der Waals surface area contributed by atoms with Crippen molar-refractivity contribution in [1.82, 2.24) is 9.88 Å². The average molecular weight is 422 g/mol. The Morgan fingerprint density at radius 3 is 2.94 bits per heavy atom. The fraction of sp³-hybridized carbons (Fsp3) is 0.304. The van der Waals surface area contributed by atoms with Crippen LogP contribution >= 0.6 is 0 Å². The molecule has 0 saturated heterocycles. The summed E-state index contributed by atoms with van der Waals surface area (Å²) >= 11 is 0. The third-order valence-corrected chi connectivity index (χ3v) is 5.16. The first-order valence-corrected chi connectivity index (χ1v) is 10.1. The van der Waals surface area contributed by atoms with E-state index in [9.17, 15) is 4.79 Å². The summed E-state index contributed by atoms with van der Waals surface area (Å²) in [4.78, 5) is 19.5. The molecule has 0 spiro atoms. The SMILES string of the molecule is Cc1ccc2c(n1)OC(COCc1ccco1)CN(Cc1ccc3c(c1)OCO3)C2=O. The lowest BCUT2D eigenvalue weighted by Gasteiger charge is -2.24. The van der Waals surface area contributed by atoms with Gasteiger partial charge in [0.15, 0.2) is 11.5 Å². The molecule has 1 unspecified atom stereocenters. The average Bonchev–Trinajstić information content (AvgIpc) is 3.42. The quantitative estimate of drug-likeness (QED) is 0.603. The first kappa shape index (κ1) is 19.4. The Balaban J connectivity index is 1.36. The van der Waals surface area contributed by atoms with Gasteiger partial charge in [0.25, 0.3) is 5.91 Å². The summed E-state index contributed by atoms with van der Waals surface area (Å²) in [5.74, 6) is 2.34. The minimum Gasteiger partial charge on any atom is -0.469 e. The number of aryl methyl sites for hydroxylation is 1. The zero-order valence-electron chi connectivity index (χ0n) is 17.1. The largest absolute Gasteiger partial charge is 0.469 e. The number of nitrogens with zero attached hydrogens (tertiary/aromatic N) is 2. The van der Waals surface area contributed by atoms with Crippen molar-refractivity contribution in [2.24, 2.45) is 0 Å². The molecule has 2 aliphatic rings. The van der Waals surface area contributed by atoms with Crippen LogP contribution in [-0.2, 0) is 17.9 Å². The Morgan fingerprint density at radius 1 is 1.16 bits per heavy atom. The van der Waals surface area contributed by atoms with Crippen molar-refractivity contribution in [2.75, 3.05) is 19.9 Å². The molecular weight excluding hydrogens is 400 g/mol. The van der Waals surface area contributed by atoms with Crippen molar-refractivity contribution in [3.8, 4) is 17.4 Å². The zero-order chi connectivity index (χ0) is 21.2. The molecule has 5 rings (SSSR count). The van der Waals surface area contributed by atoms with E-state index in [-0.39, 0.29) is 18.8 Å². The summed E-state index contributed by atoms with van der Waals surface area (Å²) in [7, 11) is 0. The highest BCUT2D eigenvalue weighted by atomic mass is 16.7. The standard InChI is InChI=1S/C23H22N2O6/c1-15-4-6-19-22(24-15)31-18(13-27-12-17-3-2-8-28-17)11-25(23(19)26)10-16-5-7-20-21(9-16)30-14-29-20/h2-9,18H,10-14H2,1H3. The zero-order valence-corrected chi connectivity index (χ0v) is 17.1. The minimum atomic E-state index is -0.372. The van der Waals surface area contributed by atoms with Gasteiger partial charge in [-0.1, -0.05) is 6.07 Å². The molecule has 8 heteroatoms.